The number of aliphatic hydroxyl groups excluding tert-OH is 1. The van der Waals surface area contributed by atoms with Gasteiger partial charge in [-0.1, -0.05) is 59.5 Å². The number of hydrogen-bond acceptors (Lipinski definition) is 4. The van der Waals surface area contributed by atoms with Gasteiger partial charge in [0.05, 0.1) is 18.7 Å². The number of ether oxygens (including phenoxy) is 1. The lowest BCUT2D eigenvalue weighted by atomic mass is 9.91. The first kappa shape index (κ1) is 20.7. The van der Waals surface area contributed by atoms with Crippen molar-refractivity contribution in [1.82, 2.24) is 4.90 Å². The topological polar surface area (TPSA) is 66.8 Å². The maximum absolute atomic E-state index is 13.1. The van der Waals surface area contributed by atoms with Crippen molar-refractivity contribution in [3.05, 3.63) is 69.7 Å². The summed E-state index contributed by atoms with van der Waals surface area (Å²) in [5, 5.41) is 11.1. The third-order valence-electron chi connectivity index (χ3n) is 6.00. The van der Waals surface area contributed by atoms with E-state index in [1.54, 1.807) is 36.3 Å². The maximum Gasteiger partial charge on any atom is 0.295 e. The van der Waals surface area contributed by atoms with E-state index in [0.717, 1.165) is 42.1 Å². The molecule has 2 aliphatic rings. The summed E-state index contributed by atoms with van der Waals surface area (Å²) >= 11 is 3.38. The minimum atomic E-state index is -0.623. The van der Waals surface area contributed by atoms with Gasteiger partial charge in [-0.15, -0.1) is 0 Å². The average molecular weight is 470 g/mol. The Morgan fingerprint density at radius 3 is 2.23 bits per heavy atom. The fraction of sp³-hybridized carbons (Fsp3) is 0.333. The van der Waals surface area contributed by atoms with Gasteiger partial charge in [0.25, 0.3) is 11.7 Å². The number of amides is 1. The average Bonchev–Trinajstić information content (AvgIpc) is 3.05. The lowest BCUT2D eigenvalue weighted by molar-refractivity contribution is -0.141. The van der Waals surface area contributed by atoms with Gasteiger partial charge in [0.15, 0.2) is 0 Å². The highest BCUT2D eigenvalue weighted by Gasteiger charge is 2.48. The molecule has 4 rings (SSSR count). The van der Waals surface area contributed by atoms with Crippen LogP contribution in [0.2, 0.25) is 0 Å². The second-order valence-electron chi connectivity index (χ2n) is 7.78. The summed E-state index contributed by atoms with van der Waals surface area (Å²) in [4.78, 5) is 27.9. The molecule has 2 aromatic rings. The fourth-order valence-electron chi connectivity index (χ4n) is 4.46. The number of carbonyl (C=O) groups excluding carboxylic acids is 2. The number of hydrogen-bond donors (Lipinski definition) is 1. The SMILES string of the molecule is COc1ccc(C2/C(=C(/O)c3ccc(Br)cc3)C(=O)C(=O)N2C2CCCCC2)cc1. The fourth-order valence-corrected chi connectivity index (χ4v) is 4.73. The second-order valence-corrected chi connectivity index (χ2v) is 8.69. The number of likely N-dealkylation sites (tertiary alicyclic amines) is 1. The quantitative estimate of drug-likeness (QED) is 0.379. The Hall–Kier alpha value is -2.60. The van der Waals surface area contributed by atoms with Crippen LogP contribution in [-0.2, 0) is 9.59 Å². The number of nitrogens with zero attached hydrogens (tertiary/aromatic N) is 1. The van der Waals surface area contributed by atoms with Gasteiger partial charge in [-0.2, -0.15) is 0 Å². The van der Waals surface area contributed by atoms with Crippen LogP contribution in [0, 0.1) is 0 Å². The smallest absolute Gasteiger partial charge is 0.295 e. The Morgan fingerprint density at radius 1 is 1.00 bits per heavy atom. The van der Waals surface area contributed by atoms with Crippen molar-refractivity contribution in [3.8, 4) is 5.75 Å². The Kier molecular flexibility index (Phi) is 5.95. The van der Waals surface area contributed by atoms with Crippen molar-refractivity contribution in [3.63, 3.8) is 0 Å². The Morgan fingerprint density at radius 2 is 1.63 bits per heavy atom. The summed E-state index contributed by atoms with van der Waals surface area (Å²) in [6, 6.07) is 13.8. The molecule has 6 heteroatoms. The molecule has 5 nitrogen and oxygen atoms in total. The summed E-state index contributed by atoms with van der Waals surface area (Å²) < 4.78 is 6.13. The zero-order chi connectivity index (χ0) is 21.3. The van der Waals surface area contributed by atoms with Gasteiger partial charge in [-0.05, 0) is 42.7 Å². The number of rotatable bonds is 4. The van der Waals surface area contributed by atoms with Crippen molar-refractivity contribution in [1.29, 1.82) is 0 Å². The third kappa shape index (κ3) is 3.76. The van der Waals surface area contributed by atoms with Gasteiger partial charge in [0.2, 0.25) is 0 Å². The van der Waals surface area contributed by atoms with Crippen LogP contribution < -0.4 is 4.74 Å². The normalized spacial score (nSPS) is 21.8. The molecule has 0 bridgehead atoms. The van der Waals surface area contributed by atoms with Gasteiger partial charge in [0.1, 0.15) is 11.5 Å². The molecule has 1 atom stereocenters. The first-order valence-corrected chi connectivity index (χ1v) is 11.0. The molecule has 1 amide bonds. The highest BCUT2D eigenvalue weighted by atomic mass is 79.9. The van der Waals surface area contributed by atoms with Gasteiger partial charge in [-0.25, -0.2) is 0 Å². The molecule has 30 heavy (non-hydrogen) atoms. The molecular weight excluding hydrogens is 446 g/mol. The first-order valence-electron chi connectivity index (χ1n) is 10.2. The summed E-state index contributed by atoms with van der Waals surface area (Å²) in [6.45, 7) is 0. The Labute approximate surface area is 184 Å². The molecule has 2 fully saturated rings. The molecule has 1 N–H and O–H groups in total. The zero-order valence-corrected chi connectivity index (χ0v) is 18.4. The Bertz CT molecular complexity index is 975. The minimum absolute atomic E-state index is 0.00230. The molecular formula is C24H24BrNO4. The molecule has 1 saturated heterocycles. The number of benzene rings is 2. The molecule has 0 aromatic heterocycles. The monoisotopic (exact) mass is 469 g/mol. The molecule has 2 aromatic carbocycles. The first-order chi connectivity index (χ1) is 14.5. The van der Waals surface area contributed by atoms with E-state index < -0.39 is 17.7 Å². The Balaban J connectivity index is 1.85. The van der Waals surface area contributed by atoms with Crippen molar-refractivity contribution >= 4 is 33.4 Å². The van der Waals surface area contributed by atoms with Crippen molar-refractivity contribution in [2.24, 2.45) is 0 Å². The number of carbonyl (C=O) groups is 2. The molecule has 156 valence electrons. The molecule has 1 unspecified atom stereocenters. The van der Waals surface area contributed by atoms with E-state index in [-0.39, 0.29) is 17.4 Å². The van der Waals surface area contributed by atoms with Crippen LogP contribution in [0.1, 0.15) is 49.3 Å². The molecule has 1 saturated carbocycles. The van der Waals surface area contributed by atoms with Gasteiger partial charge < -0.3 is 14.7 Å². The summed E-state index contributed by atoms with van der Waals surface area (Å²) in [7, 11) is 1.59. The van der Waals surface area contributed by atoms with Gasteiger partial charge >= 0.3 is 0 Å². The molecule has 0 radical (unpaired) electrons. The van der Waals surface area contributed by atoms with Crippen molar-refractivity contribution < 1.29 is 19.4 Å². The summed E-state index contributed by atoms with van der Waals surface area (Å²) in [5.74, 6) is -0.593. The third-order valence-corrected chi connectivity index (χ3v) is 6.53. The van der Waals surface area contributed by atoms with E-state index in [0.29, 0.717) is 11.3 Å². The van der Waals surface area contributed by atoms with E-state index in [1.807, 2.05) is 24.3 Å². The van der Waals surface area contributed by atoms with E-state index in [1.165, 1.54) is 0 Å². The lowest BCUT2D eigenvalue weighted by Crippen LogP contribution is -2.40. The number of ketones is 1. The summed E-state index contributed by atoms with van der Waals surface area (Å²) in [6.07, 6.45) is 4.97. The highest BCUT2D eigenvalue weighted by Crippen LogP contribution is 2.43. The zero-order valence-electron chi connectivity index (χ0n) is 16.8. The molecule has 1 aliphatic carbocycles. The number of methoxy groups -OCH3 is 1. The van der Waals surface area contributed by atoms with Crippen LogP contribution in [-0.4, -0.2) is 34.8 Å². The van der Waals surface area contributed by atoms with E-state index in [9.17, 15) is 14.7 Å². The van der Waals surface area contributed by atoms with E-state index in [4.69, 9.17) is 4.74 Å². The summed E-state index contributed by atoms with van der Waals surface area (Å²) in [5.41, 5.74) is 1.45. The molecule has 0 spiro atoms. The second kappa shape index (κ2) is 8.64. The minimum Gasteiger partial charge on any atom is -0.507 e. The van der Waals surface area contributed by atoms with Crippen LogP contribution in [0.4, 0.5) is 0 Å². The van der Waals surface area contributed by atoms with Crippen LogP contribution in [0.15, 0.2) is 58.6 Å². The number of aliphatic hydroxyl groups is 1. The number of Topliss-reactive ketones (excluding diaryl/α,β-unsaturated/α-hetero) is 1. The van der Waals surface area contributed by atoms with E-state index in [2.05, 4.69) is 15.9 Å². The maximum atomic E-state index is 13.1. The predicted molar refractivity (Wildman–Crippen MR) is 118 cm³/mol. The van der Waals surface area contributed by atoms with Crippen LogP contribution in [0.3, 0.4) is 0 Å². The van der Waals surface area contributed by atoms with Gasteiger partial charge in [0, 0.05) is 16.1 Å². The predicted octanol–water partition coefficient (Wildman–Crippen LogP) is 5.21. The number of halogens is 1. The van der Waals surface area contributed by atoms with E-state index >= 15 is 0 Å². The standard InChI is InChI=1S/C24H24BrNO4/c1-30-19-13-9-15(10-14-19)21-20(22(27)16-7-11-17(25)12-8-16)23(28)24(29)26(21)18-5-3-2-4-6-18/h7-14,18,21,27H,2-6H2,1H3/b22-20-. The largest absolute Gasteiger partial charge is 0.507 e. The molecule has 1 aliphatic heterocycles. The molecule has 1 heterocycles. The van der Waals surface area contributed by atoms with Crippen LogP contribution in [0.5, 0.6) is 5.75 Å². The van der Waals surface area contributed by atoms with Crippen LogP contribution in [0.25, 0.3) is 5.76 Å². The lowest BCUT2D eigenvalue weighted by Gasteiger charge is -2.35. The van der Waals surface area contributed by atoms with Gasteiger partial charge in [-0.3, -0.25) is 9.59 Å². The highest BCUT2D eigenvalue weighted by molar-refractivity contribution is 9.10. The van der Waals surface area contributed by atoms with Crippen LogP contribution >= 0.6 is 15.9 Å². The van der Waals surface area contributed by atoms with Crippen molar-refractivity contribution in [2.45, 2.75) is 44.2 Å². The van der Waals surface area contributed by atoms with Crippen molar-refractivity contribution in [2.75, 3.05) is 7.11 Å².